The average molecular weight is 194 g/mol. The van der Waals surface area contributed by atoms with Gasteiger partial charge in [-0.1, -0.05) is 19.4 Å². The van der Waals surface area contributed by atoms with Crippen molar-refractivity contribution in [3.63, 3.8) is 0 Å². The summed E-state index contributed by atoms with van der Waals surface area (Å²) < 4.78 is 12.9. The summed E-state index contributed by atoms with van der Waals surface area (Å²) in [6.45, 7) is 2.06. The number of aryl methyl sites for hydroxylation is 1. The fraction of sp³-hybridized carbons (Fsp3) is 0.500. The van der Waals surface area contributed by atoms with Crippen molar-refractivity contribution < 1.29 is 9.50 Å². The Bertz CT molecular complexity index is 348. The molecular weight excluding hydrogens is 179 g/mol. The van der Waals surface area contributed by atoms with Crippen LogP contribution in [-0.4, -0.2) is 5.11 Å². The second kappa shape index (κ2) is 3.35. The Morgan fingerprint density at radius 2 is 2.29 bits per heavy atom. The molecule has 1 aliphatic rings. The molecule has 1 nitrogen and oxygen atoms in total. The van der Waals surface area contributed by atoms with Gasteiger partial charge in [-0.3, -0.25) is 0 Å². The summed E-state index contributed by atoms with van der Waals surface area (Å²) in [4.78, 5) is 0. The lowest BCUT2D eigenvalue weighted by atomic mass is 9.91. The van der Waals surface area contributed by atoms with Gasteiger partial charge in [0.15, 0.2) is 0 Å². The molecule has 0 heterocycles. The summed E-state index contributed by atoms with van der Waals surface area (Å²) in [5, 5.41) is 10.3. The van der Waals surface area contributed by atoms with E-state index in [4.69, 9.17) is 0 Å². The van der Waals surface area contributed by atoms with Crippen LogP contribution in [0, 0.1) is 5.82 Å². The predicted molar refractivity (Wildman–Crippen MR) is 53.5 cm³/mol. The van der Waals surface area contributed by atoms with Crippen molar-refractivity contribution in [2.75, 3.05) is 0 Å². The summed E-state index contributed by atoms with van der Waals surface area (Å²) >= 11 is 0. The van der Waals surface area contributed by atoms with E-state index < -0.39 is 5.60 Å². The van der Waals surface area contributed by atoms with Crippen molar-refractivity contribution >= 4 is 0 Å². The molecule has 0 saturated carbocycles. The van der Waals surface area contributed by atoms with Gasteiger partial charge in [-0.2, -0.15) is 0 Å². The topological polar surface area (TPSA) is 20.2 Å². The van der Waals surface area contributed by atoms with Gasteiger partial charge in [0.2, 0.25) is 0 Å². The molecule has 0 spiro atoms. The SMILES string of the molecule is CCCC1(O)CCc2cc(F)ccc21. The van der Waals surface area contributed by atoms with Gasteiger partial charge >= 0.3 is 0 Å². The van der Waals surface area contributed by atoms with E-state index >= 15 is 0 Å². The number of hydrogen-bond acceptors (Lipinski definition) is 1. The smallest absolute Gasteiger partial charge is 0.123 e. The minimum Gasteiger partial charge on any atom is -0.385 e. The Morgan fingerprint density at radius 3 is 3.00 bits per heavy atom. The Labute approximate surface area is 83.6 Å². The summed E-state index contributed by atoms with van der Waals surface area (Å²) in [7, 11) is 0. The third-order valence-corrected chi connectivity index (χ3v) is 3.04. The summed E-state index contributed by atoms with van der Waals surface area (Å²) in [6.07, 6.45) is 3.25. The third kappa shape index (κ3) is 1.44. The van der Waals surface area contributed by atoms with Crippen molar-refractivity contribution in [1.29, 1.82) is 0 Å². The van der Waals surface area contributed by atoms with Crippen molar-refractivity contribution in [2.24, 2.45) is 0 Å². The Balaban J connectivity index is 2.39. The molecule has 1 atom stereocenters. The van der Waals surface area contributed by atoms with Crippen molar-refractivity contribution in [3.8, 4) is 0 Å². The lowest BCUT2D eigenvalue weighted by Gasteiger charge is -2.23. The lowest BCUT2D eigenvalue weighted by molar-refractivity contribution is 0.0287. The zero-order chi connectivity index (χ0) is 10.2. The van der Waals surface area contributed by atoms with E-state index in [9.17, 15) is 9.50 Å². The molecule has 14 heavy (non-hydrogen) atoms. The van der Waals surface area contributed by atoms with Gasteiger partial charge in [-0.15, -0.1) is 0 Å². The van der Waals surface area contributed by atoms with Crippen LogP contribution in [-0.2, 0) is 12.0 Å². The van der Waals surface area contributed by atoms with Crippen LogP contribution in [0.2, 0.25) is 0 Å². The molecule has 1 aliphatic carbocycles. The van der Waals surface area contributed by atoms with Crippen LogP contribution in [0.4, 0.5) is 4.39 Å². The zero-order valence-electron chi connectivity index (χ0n) is 8.39. The van der Waals surface area contributed by atoms with Crippen LogP contribution in [0.3, 0.4) is 0 Å². The lowest BCUT2D eigenvalue weighted by Crippen LogP contribution is -2.21. The second-order valence-electron chi connectivity index (χ2n) is 4.08. The van der Waals surface area contributed by atoms with E-state index in [1.54, 1.807) is 12.1 Å². The Morgan fingerprint density at radius 1 is 1.50 bits per heavy atom. The molecule has 0 fully saturated rings. The number of rotatable bonds is 2. The first-order valence-corrected chi connectivity index (χ1v) is 5.17. The van der Waals surface area contributed by atoms with Crippen LogP contribution in [0.1, 0.15) is 37.3 Å². The normalized spacial score (nSPS) is 25.1. The van der Waals surface area contributed by atoms with Crippen LogP contribution in [0.15, 0.2) is 18.2 Å². The Hall–Kier alpha value is -0.890. The van der Waals surface area contributed by atoms with E-state index in [1.807, 2.05) is 0 Å². The van der Waals surface area contributed by atoms with Gasteiger partial charge in [-0.05, 0) is 42.5 Å². The molecule has 0 aromatic heterocycles. The highest BCUT2D eigenvalue weighted by Gasteiger charge is 2.35. The van der Waals surface area contributed by atoms with Crippen LogP contribution >= 0.6 is 0 Å². The fourth-order valence-corrected chi connectivity index (χ4v) is 2.37. The molecule has 0 amide bonds. The van der Waals surface area contributed by atoms with Crippen molar-refractivity contribution in [3.05, 3.63) is 35.1 Å². The molecule has 0 saturated heterocycles. The second-order valence-corrected chi connectivity index (χ2v) is 4.08. The van der Waals surface area contributed by atoms with Crippen molar-refractivity contribution in [1.82, 2.24) is 0 Å². The largest absolute Gasteiger partial charge is 0.385 e. The predicted octanol–water partition coefficient (Wildman–Crippen LogP) is 2.76. The monoisotopic (exact) mass is 194 g/mol. The van der Waals surface area contributed by atoms with Crippen LogP contribution < -0.4 is 0 Å². The molecule has 0 aliphatic heterocycles. The fourth-order valence-electron chi connectivity index (χ4n) is 2.37. The highest BCUT2D eigenvalue weighted by molar-refractivity contribution is 5.37. The standard InChI is InChI=1S/C12H15FO/c1-2-6-12(14)7-5-9-8-10(13)3-4-11(9)12/h3-4,8,14H,2,5-7H2,1H3. The molecule has 0 bridgehead atoms. The van der Waals surface area contributed by atoms with Gasteiger partial charge in [0, 0.05) is 0 Å². The number of fused-ring (bicyclic) bond motifs is 1. The minimum atomic E-state index is -0.697. The number of aliphatic hydroxyl groups is 1. The molecule has 1 unspecified atom stereocenters. The maximum Gasteiger partial charge on any atom is 0.123 e. The minimum absolute atomic E-state index is 0.204. The molecule has 1 N–H and O–H groups in total. The quantitative estimate of drug-likeness (QED) is 0.767. The van der Waals surface area contributed by atoms with E-state index in [-0.39, 0.29) is 5.82 Å². The highest BCUT2D eigenvalue weighted by Crippen LogP contribution is 2.40. The van der Waals surface area contributed by atoms with E-state index in [0.717, 1.165) is 36.8 Å². The number of halogens is 1. The van der Waals surface area contributed by atoms with E-state index in [2.05, 4.69) is 6.92 Å². The van der Waals surface area contributed by atoms with Gasteiger partial charge < -0.3 is 5.11 Å². The Kier molecular flexibility index (Phi) is 2.31. The van der Waals surface area contributed by atoms with Crippen LogP contribution in [0.25, 0.3) is 0 Å². The molecule has 1 aromatic rings. The zero-order valence-corrected chi connectivity index (χ0v) is 8.39. The van der Waals surface area contributed by atoms with Gasteiger partial charge in [-0.25, -0.2) is 4.39 Å². The first kappa shape index (κ1) is 9.66. The van der Waals surface area contributed by atoms with Gasteiger partial charge in [0.05, 0.1) is 5.60 Å². The average Bonchev–Trinajstić information content (AvgIpc) is 2.44. The van der Waals surface area contributed by atoms with E-state index in [0.29, 0.717) is 0 Å². The maximum absolute atomic E-state index is 12.9. The van der Waals surface area contributed by atoms with Gasteiger partial charge in [0.25, 0.3) is 0 Å². The molecule has 2 heteroatoms. The van der Waals surface area contributed by atoms with Gasteiger partial charge in [0.1, 0.15) is 5.82 Å². The highest BCUT2D eigenvalue weighted by atomic mass is 19.1. The summed E-state index contributed by atoms with van der Waals surface area (Å²) in [6, 6.07) is 4.71. The molecule has 0 radical (unpaired) electrons. The maximum atomic E-state index is 12.9. The third-order valence-electron chi connectivity index (χ3n) is 3.04. The summed E-state index contributed by atoms with van der Waals surface area (Å²) in [5.74, 6) is -0.204. The molecular formula is C12H15FO. The van der Waals surface area contributed by atoms with E-state index in [1.165, 1.54) is 6.07 Å². The van der Waals surface area contributed by atoms with Crippen LogP contribution in [0.5, 0.6) is 0 Å². The first-order chi connectivity index (χ1) is 6.65. The van der Waals surface area contributed by atoms with Crippen molar-refractivity contribution in [2.45, 2.75) is 38.2 Å². The number of hydrogen-bond donors (Lipinski definition) is 1. The molecule has 2 rings (SSSR count). The summed E-state index contributed by atoms with van der Waals surface area (Å²) in [5.41, 5.74) is 1.21. The molecule has 1 aromatic carbocycles. The first-order valence-electron chi connectivity index (χ1n) is 5.17. The number of benzene rings is 1. The molecule has 76 valence electrons.